The van der Waals surface area contributed by atoms with E-state index in [1.165, 1.54) is 5.39 Å². The van der Waals surface area contributed by atoms with Gasteiger partial charge < -0.3 is 14.8 Å². The van der Waals surface area contributed by atoms with Crippen LogP contribution in [0, 0.1) is 0 Å². The molecule has 1 N–H and O–H groups in total. The first-order valence-corrected chi connectivity index (χ1v) is 12.0. The molecule has 6 aromatic rings. The second kappa shape index (κ2) is 9.88. The Kier molecular flexibility index (Phi) is 5.97. The lowest BCUT2D eigenvalue weighted by Gasteiger charge is -2.10. The number of amides is 1. The molecule has 0 radical (unpaired) electrons. The van der Waals surface area contributed by atoms with Crippen LogP contribution in [0.2, 0.25) is 0 Å². The third kappa shape index (κ3) is 5.14. The van der Waals surface area contributed by atoms with Gasteiger partial charge in [0.15, 0.2) is 0 Å². The predicted octanol–water partition coefficient (Wildman–Crippen LogP) is 8.83. The predicted molar refractivity (Wildman–Crippen MR) is 149 cm³/mol. The van der Waals surface area contributed by atoms with Crippen LogP contribution in [0.25, 0.3) is 21.5 Å². The molecule has 0 bridgehead atoms. The minimum Gasteiger partial charge on any atom is -0.457 e. The maximum atomic E-state index is 12.7. The topological polar surface area (TPSA) is 47.6 Å². The van der Waals surface area contributed by atoms with Gasteiger partial charge in [0.05, 0.1) is 0 Å². The number of carbonyl (C=O) groups excluding carboxylic acids is 1. The molecule has 0 aromatic heterocycles. The number of benzene rings is 6. The summed E-state index contributed by atoms with van der Waals surface area (Å²) in [5, 5.41) is 7.50. The van der Waals surface area contributed by atoms with Crippen LogP contribution in [0.3, 0.4) is 0 Å². The standard InChI is InChI=1S/C33H23NO3/c35-33(25-11-15-29(16-12-25)36-31-17-9-23-5-1-3-7-26(23)21-31)34-28-13-19-30(20-14-28)37-32-18-10-24-6-2-4-8-27(24)22-32/h1-22H,(H,34,35). The molecular formula is C33H23NO3. The molecule has 6 rings (SSSR count). The second-order valence-corrected chi connectivity index (χ2v) is 8.72. The summed E-state index contributed by atoms with van der Waals surface area (Å²) in [6.07, 6.45) is 0. The number of hydrogen-bond acceptors (Lipinski definition) is 3. The molecular weight excluding hydrogens is 458 g/mol. The van der Waals surface area contributed by atoms with Crippen LogP contribution in [-0.2, 0) is 0 Å². The molecule has 0 saturated heterocycles. The highest BCUT2D eigenvalue weighted by Crippen LogP contribution is 2.28. The first-order chi connectivity index (χ1) is 18.2. The Balaban J connectivity index is 1.08. The van der Waals surface area contributed by atoms with Gasteiger partial charge in [-0.05, 0) is 94.3 Å². The molecule has 0 spiro atoms. The van der Waals surface area contributed by atoms with Gasteiger partial charge in [0.25, 0.3) is 5.91 Å². The van der Waals surface area contributed by atoms with Gasteiger partial charge >= 0.3 is 0 Å². The number of ether oxygens (including phenoxy) is 2. The fourth-order valence-corrected chi connectivity index (χ4v) is 4.22. The molecule has 6 aromatic carbocycles. The molecule has 4 heteroatoms. The molecule has 1 amide bonds. The van der Waals surface area contributed by atoms with E-state index in [0.717, 1.165) is 27.7 Å². The van der Waals surface area contributed by atoms with Gasteiger partial charge in [0.1, 0.15) is 23.0 Å². The van der Waals surface area contributed by atoms with Crippen LogP contribution in [0.5, 0.6) is 23.0 Å². The number of carbonyl (C=O) groups is 1. The highest BCUT2D eigenvalue weighted by Gasteiger charge is 2.08. The first kappa shape index (κ1) is 22.4. The zero-order valence-electron chi connectivity index (χ0n) is 19.9. The van der Waals surface area contributed by atoms with E-state index >= 15 is 0 Å². The van der Waals surface area contributed by atoms with Crippen molar-refractivity contribution in [2.45, 2.75) is 0 Å². The van der Waals surface area contributed by atoms with E-state index in [2.05, 4.69) is 29.6 Å². The van der Waals surface area contributed by atoms with E-state index in [0.29, 0.717) is 22.7 Å². The summed E-state index contributed by atoms with van der Waals surface area (Å²) in [6, 6.07) is 42.7. The highest BCUT2D eigenvalue weighted by atomic mass is 16.5. The highest BCUT2D eigenvalue weighted by molar-refractivity contribution is 6.04. The lowest BCUT2D eigenvalue weighted by Crippen LogP contribution is -2.11. The van der Waals surface area contributed by atoms with Crippen molar-refractivity contribution in [2.75, 3.05) is 5.32 Å². The molecule has 0 fully saturated rings. The van der Waals surface area contributed by atoms with E-state index in [1.54, 1.807) is 24.3 Å². The molecule has 0 saturated carbocycles. The van der Waals surface area contributed by atoms with Crippen molar-refractivity contribution in [2.24, 2.45) is 0 Å². The van der Waals surface area contributed by atoms with Crippen LogP contribution in [0.4, 0.5) is 5.69 Å². The maximum absolute atomic E-state index is 12.7. The summed E-state index contributed by atoms with van der Waals surface area (Å²) in [6.45, 7) is 0. The third-order valence-electron chi connectivity index (χ3n) is 6.14. The van der Waals surface area contributed by atoms with Gasteiger partial charge in [-0.15, -0.1) is 0 Å². The van der Waals surface area contributed by atoms with Gasteiger partial charge in [-0.25, -0.2) is 0 Å². The monoisotopic (exact) mass is 481 g/mol. The number of anilines is 1. The molecule has 0 atom stereocenters. The summed E-state index contributed by atoms with van der Waals surface area (Å²) >= 11 is 0. The SMILES string of the molecule is O=C(Nc1ccc(Oc2ccc3ccccc3c2)cc1)c1ccc(Oc2ccc3ccccc3c2)cc1. The molecule has 37 heavy (non-hydrogen) atoms. The van der Waals surface area contributed by atoms with Crippen molar-refractivity contribution >= 4 is 33.1 Å². The Morgan fingerprint density at radius 3 is 1.41 bits per heavy atom. The van der Waals surface area contributed by atoms with Gasteiger partial charge in [-0.2, -0.15) is 0 Å². The van der Waals surface area contributed by atoms with Crippen LogP contribution >= 0.6 is 0 Å². The minimum atomic E-state index is -0.194. The fourth-order valence-electron chi connectivity index (χ4n) is 4.22. The van der Waals surface area contributed by atoms with Gasteiger partial charge in [-0.1, -0.05) is 60.7 Å². The summed E-state index contributed by atoms with van der Waals surface area (Å²) < 4.78 is 12.0. The van der Waals surface area contributed by atoms with Crippen LogP contribution < -0.4 is 14.8 Å². The molecule has 0 aliphatic rings. The Hall–Kier alpha value is -5.09. The number of rotatable bonds is 6. The largest absolute Gasteiger partial charge is 0.457 e. The number of fused-ring (bicyclic) bond motifs is 2. The Morgan fingerprint density at radius 1 is 0.459 bits per heavy atom. The van der Waals surface area contributed by atoms with Crippen molar-refractivity contribution < 1.29 is 14.3 Å². The second-order valence-electron chi connectivity index (χ2n) is 8.72. The Morgan fingerprint density at radius 2 is 0.892 bits per heavy atom. The maximum Gasteiger partial charge on any atom is 0.255 e. The van der Waals surface area contributed by atoms with E-state index in [4.69, 9.17) is 9.47 Å². The summed E-state index contributed by atoms with van der Waals surface area (Å²) in [7, 11) is 0. The molecule has 178 valence electrons. The molecule has 0 unspecified atom stereocenters. The minimum absolute atomic E-state index is 0.194. The van der Waals surface area contributed by atoms with Crippen molar-refractivity contribution in [3.05, 3.63) is 139 Å². The summed E-state index contributed by atoms with van der Waals surface area (Å²) in [5.41, 5.74) is 1.23. The van der Waals surface area contributed by atoms with E-state index in [1.807, 2.05) is 84.9 Å². The van der Waals surface area contributed by atoms with Crippen LogP contribution in [0.15, 0.2) is 133 Å². The van der Waals surface area contributed by atoms with E-state index < -0.39 is 0 Å². The summed E-state index contributed by atoms with van der Waals surface area (Å²) in [4.78, 5) is 12.7. The van der Waals surface area contributed by atoms with Crippen molar-refractivity contribution in [3.63, 3.8) is 0 Å². The Labute approximate surface area is 214 Å². The quantitative estimate of drug-likeness (QED) is 0.258. The first-order valence-electron chi connectivity index (χ1n) is 12.0. The molecule has 0 heterocycles. The van der Waals surface area contributed by atoms with Crippen LogP contribution in [-0.4, -0.2) is 5.91 Å². The average Bonchev–Trinajstić information content (AvgIpc) is 2.94. The molecule has 4 nitrogen and oxygen atoms in total. The van der Waals surface area contributed by atoms with Crippen molar-refractivity contribution in [1.82, 2.24) is 0 Å². The zero-order valence-corrected chi connectivity index (χ0v) is 19.9. The van der Waals surface area contributed by atoms with Crippen molar-refractivity contribution in [1.29, 1.82) is 0 Å². The average molecular weight is 482 g/mol. The lowest BCUT2D eigenvalue weighted by atomic mass is 10.1. The number of hydrogen-bond donors (Lipinski definition) is 1. The Bertz CT molecular complexity index is 1710. The smallest absolute Gasteiger partial charge is 0.255 e. The molecule has 0 aliphatic carbocycles. The molecule has 0 aliphatic heterocycles. The van der Waals surface area contributed by atoms with Gasteiger partial charge in [0, 0.05) is 11.3 Å². The van der Waals surface area contributed by atoms with Gasteiger partial charge in [-0.3, -0.25) is 4.79 Å². The third-order valence-corrected chi connectivity index (χ3v) is 6.14. The van der Waals surface area contributed by atoms with Crippen LogP contribution in [0.1, 0.15) is 10.4 Å². The summed E-state index contributed by atoms with van der Waals surface area (Å²) in [5.74, 6) is 2.69. The fraction of sp³-hybridized carbons (Fsp3) is 0. The van der Waals surface area contributed by atoms with Gasteiger partial charge in [0.2, 0.25) is 0 Å². The van der Waals surface area contributed by atoms with E-state index in [9.17, 15) is 4.79 Å². The zero-order chi connectivity index (χ0) is 25.0. The number of nitrogens with one attached hydrogen (secondary N) is 1. The lowest BCUT2D eigenvalue weighted by molar-refractivity contribution is 0.102. The van der Waals surface area contributed by atoms with Crippen molar-refractivity contribution in [3.8, 4) is 23.0 Å². The normalized spacial score (nSPS) is 10.8. The van der Waals surface area contributed by atoms with E-state index in [-0.39, 0.29) is 5.91 Å².